The van der Waals surface area contributed by atoms with E-state index in [9.17, 15) is 14.4 Å². The molecule has 0 spiro atoms. The van der Waals surface area contributed by atoms with Crippen LogP contribution in [0, 0.1) is 0 Å². The van der Waals surface area contributed by atoms with E-state index >= 15 is 0 Å². The number of carbonyl (C=O) groups excluding carboxylic acids is 3. The molecule has 0 aliphatic heterocycles. The van der Waals surface area contributed by atoms with E-state index in [-0.39, 0.29) is 31.1 Å². The van der Waals surface area contributed by atoms with Crippen molar-refractivity contribution in [3.05, 3.63) is 48.6 Å². The summed E-state index contributed by atoms with van der Waals surface area (Å²) >= 11 is 0. The molecular weight excluding hydrogens is 1020 g/mol. The van der Waals surface area contributed by atoms with Gasteiger partial charge in [0, 0.05) is 19.3 Å². The molecule has 0 rings (SSSR count). The molecular formula is C77H142O6. The molecule has 0 aliphatic rings. The lowest BCUT2D eigenvalue weighted by Gasteiger charge is -2.18. The molecule has 1 atom stereocenters. The van der Waals surface area contributed by atoms with Crippen molar-refractivity contribution in [1.29, 1.82) is 0 Å². The van der Waals surface area contributed by atoms with Crippen molar-refractivity contribution in [2.24, 2.45) is 0 Å². The maximum Gasteiger partial charge on any atom is 0.306 e. The van der Waals surface area contributed by atoms with E-state index in [4.69, 9.17) is 14.2 Å². The molecule has 0 amide bonds. The summed E-state index contributed by atoms with van der Waals surface area (Å²) in [7, 11) is 0. The topological polar surface area (TPSA) is 78.9 Å². The Labute approximate surface area is 518 Å². The van der Waals surface area contributed by atoms with Gasteiger partial charge in [0.25, 0.3) is 0 Å². The van der Waals surface area contributed by atoms with E-state index in [1.807, 2.05) is 0 Å². The molecule has 0 fully saturated rings. The molecule has 0 aromatic carbocycles. The Bertz CT molecular complexity index is 1430. The fourth-order valence-electron chi connectivity index (χ4n) is 11.3. The fourth-order valence-corrected chi connectivity index (χ4v) is 11.3. The van der Waals surface area contributed by atoms with Crippen LogP contribution in [-0.4, -0.2) is 37.2 Å². The summed E-state index contributed by atoms with van der Waals surface area (Å²) in [6.07, 6.45) is 92.1. The van der Waals surface area contributed by atoms with Gasteiger partial charge in [-0.1, -0.05) is 378 Å². The second-order valence-electron chi connectivity index (χ2n) is 25.2. The Morgan fingerprint density at radius 1 is 0.253 bits per heavy atom. The van der Waals surface area contributed by atoms with Crippen LogP contribution in [0.25, 0.3) is 0 Å². The Morgan fingerprint density at radius 2 is 0.470 bits per heavy atom. The van der Waals surface area contributed by atoms with Crippen LogP contribution < -0.4 is 0 Å². The van der Waals surface area contributed by atoms with Crippen LogP contribution in [0.15, 0.2) is 48.6 Å². The average molecular weight is 1160 g/mol. The Hall–Kier alpha value is -2.63. The van der Waals surface area contributed by atoms with Crippen molar-refractivity contribution in [3.8, 4) is 0 Å². The Balaban J connectivity index is 3.92. The van der Waals surface area contributed by atoms with Gasteiger partial charge in [-0.3, -0.25) is 14.4 Å². The van der Waals surface area contributed by atoms with Gasteiger partial charge in [0.05, 0.1) is 0 Å². The summed E-state index contributed by atoms with van der Waals surface area (Å²) in [4.78, 5) is 38.2. The lowest BCUT2D eigenvalue weighted by atomic mass is 10.0. The van der Waals surface area contributed by atoms with Gasteiger partial charge in [-0.2, -0.15) is 0 Å². The third kappa shape index (κ3) is 70.0. The maximum atomic E-state index is 12.9. The lowest BCUT2D eigenvalue weighted by molar-refractivity contribution is -0.167. The van der Waals surface area contributed by atoms with Crippen molar-refractivity contribution in [1.82, 2.24) is 0 Å². The first-order valence-electron chi connectivity index (χ1n) is 37.1. The molecule has 1 unspecified atom stereocenters. The van der Waals surface area contributed by atoms with Crippen LogP contribution in [0.4, 0.5) is 0 Å². The standard InChI is InChI=1S/C77H142O6/c1-4-7-10-13-16-18-20-22-24-26-28-30-32-34-36-37-38-39-40-41-42-44-45-47-49-51-53-55-57-59-61-64-67-70-76(79)82-73-74(72-81-75(78)69-66-63-15-12-9-6-3)83-77(80)71-68-65-62-60-58-56-54-52-50-48-46-43-35-33-31-29-27-25-23-21-19-17-14-11-8-5-2/h7,10,16,18,22,24,28,30,74H,4-6,8-9,11-15,17,19-21,23,25-27,29,31-73H2,1-3H3/b10-7-,18-16-,24-22-,30-28-. The fraction of sp³-hybridized carbons (Fsp3) is 0.857. The van der Waals surface area contributed by atoms with Crippen molar-refractivity contribution in [2.75, 3.05) is 13.2 Å². The van der Waals surface area contributed by atoms with E-state index < -0.39 is 6.10 Å². The first-order chi connectivity index (χ1) is 41.0. The summed E-state index contributed by atoms with van der Waals surface area (Å²) in [5.74, 6) is -0.846. The van der Waals surface area contributed by atoms with Gasteiger partial charge in [0.15, 0.2) is 6.10 Å². The number of hydrogen-bond donors (Lipinski definition) is 0. The highest BCUT2D eigenvalue weighted by atomic mass is 16.6. The van der Waals surface area contributed by atoms with Crippen molar-refractivity contribution >= 4 is 17.9 Å². The second-order valence-corrected chi connectivity index (χ2v) is 25.2. The van der Waals surface area contributed by atoms with Crippen LogP contribution in [-0.2, 0) is 28.6 Å². The number of allylic oxidation sites excluding steroid dienone is 8. The molecule has 0 N–H and O–H groups in total. The SMILES string of the molecule is CC/C=C\C/C=C\C/C=C\C/C=C\CCCCCCCCCCCCCCCCCCCCCCC(=O)OCC(COC(=O)CCCCCCCC)OC(=O)CCCCCCCCCCCCCCCCCCCCCCCCCCCC. The Kier molecular flexibility index (Phi) is 69.6. The van der Waals surface area contributed by atoms with Gasteiger partial charge in [-0.25, -0.2) is 0 Å². The summed E-state index contributed by atoms with van der Waals surface area (Å²) < 4.78 is 16.9. The first kappa shape index (κ1) is 80.4. The largest absolute Gasteiger partial charge is 0.462 e. The maximum absolute atomic E-state index is 12.9. The molecule has 83 heavy (non-hydrogen) atoms. The highest BCUT2D eigenvalue weighted by molar-refractivity contribution is 5.71. The molecule has 0 aromatic heterocycles. The van der Waals surface area contributed by atoms with Gasteiger partial charge < -0.3 is 14.2 Å². The first-order valence-corrected chi connectivity index (χ1v) is 37.1. The minimum Gasteiger partial charge on any atom is -0.462 e. The number of esters is 3. The van der Waals surface area contributed by atoms with Gasteiger partial charge in [0.1, 0.15) is 13.2 Å². The minimum atomic E-state index is -0.766. The van der Waals surface area contributed by atoms with Gasteiger partial charge in [-0.15, -0.1) is 0 Å². The predicted octanol–water partition coefficient (Wildman–Crippen LogP) is 25.7. The monoisotopic (exact) mass is 1160 g/mol. The molecule has 6 heteroatoms. The van der Waals surface area contributed by atoms with E-state index in [0.29, 0.717) is 19.3 Å². The van der Waals surface area contributed by atoms with E-state index in [1.54, 1.807) is 0 Å². The summed E-state index contributed by atoms with van der Waals surface area (Å²) in [6.45, 7) is 6.54. The average Bonchev–Trinajstić information content (AvgIpc) is 3.49. The van der Waals surface area contributed by atoms with Crippen LogP contribution in [0.2, 0.25) is 0 Å². The third-order valence-corrected chi connectivity index (χ3v) is 16.8. The third-order valence-electron chi connectivity index (χ3n) is 16.8. The number of rotatable bonds is 69. The summed E-state index contributed by atoms with van der Waals surface area (Å²) in [6, 6.07) is 0. The van der Waals surface area contributed by atoms with Gasteiger partial charge in [0.2, 0.25) is 0 Å². The zero-order chi connectivity index (χ0) is 59.9. The molecule has 0 radical (unpaired) electrons. The summed E-state index contributed by atoms with van der Waals surface area (Å²) in [5, 5.41) is 0. The van der Waals surface area contributed by atoms with Crippen LogP contribution in [0.1, 0.15) is 406 Å². The molecule has 0 heterocycles. The highest BCUT2D eigenvalue weighted by Crippen LogP contribution is 2.19. The molecule has 0 bridgehead atoms. The zero-order valence-corrected chi connectivity index (χ0v) is 56.0. The number of unbranched alkanes of at least 4 members (excludes halogenated alkanes) is 50. The molecule has 0 aromatic rings. The second kappa shape index (κ2) is 71.8. The number of ether oxygens (including phenoxy) is 3. The molecule has 0 saturated carbocycles. The molecule has 0 saturated heterocycles. The van der Waals surface area contributed by atoms with Crippen molar-refractivity contribution < 1.29 is 28.6 Å². The normalized spacial score (nSPS) is 12.3. The smallest absolute Gasteiger partial charge is 0.306 e. The Morgan fingerprint density at radius 3 is 0.735 bits per heavy atom. The summed E-state index contributed by atoms with van der Waals surface area (Å²) in [5.41, 5.74) is 0. The van der Waals surface area contributed by atoms with Gasteiger partial charge in [-0.05, 0) is 57.8 Å². The van der Waals surface area contributed by atoms with Crippen LogP contribution in [0.5, 0.6) is 0 Å². The van der Waals surface area contributed by atoms with Crippen molar-refractivity contribution in [3.63, 3.8) is 0 Å². The number of hydrogen-bond acceptors (Lipinski definition) is 6. The number of carbonyl (C=O) groups is 3. The van der Waals surface area contributed by atoms with Crippen LogP contribution >= 0.6 is 0 Å². The van der Waals surface area contributed by atoms with E-state index in [1.165, 1.54) is 283 Å². The predicted molar refractivity (Wildman–Crippen MR) is 362 cm³/mol. The molecule has 0 aliphatic carbocycles. The lowest BCUT2D eigenvalue weighted by Crippen LogP contribution is -2.30. The van der Waals surface area contributed by atoms with Crippen molar-refractivity contribution in [2.45, 2.75) is 412 Å². The van der Waals surface area contributed by atoms with Crippen LogP contribution in [0.3, 0.4) is 0 Å². The highest BCUT2D eigenvalue weighted by Gasteiger charge is 2.19. The molecule has 6 nitrogen and oxygen atoms in total. The van der Waals surface area contributed by atoms with E-state index in [0.717, 1.165) is 83.5 Å². The van der Waals surface area contributed by atoms with Gasteiger partial charge >= 0.3 is 17.9 Å². The quantitative estimate of drug-likeness (QED) is 0.0261. The van der Waals surface area contributed by atoms with E-state index in [2.05, 4.69) is 69.4 Å². The minimum absolute atomic E-state index is 0.0658. The zero-order valence-electron chi connectivity index (χ0n) is 56.0. The molecule has 486 valence electrons.